The summed E-state index contributed by atoms with van der Waals surface area (Å²) in [7, 11) is -3.54. The van der Waals surface area contributed by atoms with Gasteiger partial charge < -0.3 is 5.32 Å². The zero-order valence-corrected chi connectivity index (χ0v) is 18.8. The fraction of sp³-hybridized carbons (Fsp3) is 0.421. The number of amides is 3. The molecule has 3 heterocycles. The number of carbonyl (C=O) groups is 2. The fourth-order valence-corrected chi connectivity index (χ4v) is 5.71. The summed E-state index contributed by atoms with van der Waals surface area (Å²) in [5.41, 5.74) is 0. The highest BCUT2D eigenvalue weighted by atomic mass is 32.2. The molecule has 0 radical (unpaired) electrons. The number of aromatic nitrogens is 1. The first kappa shape index (κ1) is 22.7. The number of sulfonamides is 1. The fourth-order valence-electron chi connectivity index (χ4n) is 2.96. The van der Waals surface area contributed by atoms with Crippen LogP contribution in [0.5, 0.6) is 0 Å². The quantitative estimate of drug-likeness (QED) is 0.605. The Labute approximate surface area is 184 Å². The summed E-state index contributed by atoms with van der Waals surface area (Å²) in [6.45, 7) is 1.43. The van der Waals surface area contributed by atoms with Crippen molar-refractivity contribution in [3.8, 4) is 0 Å². The molecule has 2 aromatic heterocycles. The van der Waals surface area contributed by atoms with Gasteiger partial charge in [-0.3, -0.25) is 10.1 Å². The highest BCUT2D eigenvalue weighted by molar-refractivity contribution is 7.99. The number of carbonyl (C=O) groups excluding carboxylic acids is 2. The van der Waals surface area contributed by atoms with Crippen LogP contribution >= 0.6 is 23.1 Å². The molecule has 0 spiro atoms. The number of rotatable bonds is 7. The Balaban J connectivity index is 1.46. The molecule has 3 amide bonds. The number of hydrogen-bond acceptors (Lipinski definition) is 7. The van der Waals surface area contributed by atoms with Crippen molar-refractivity contribution in [3.63, 3.8) is 0 Å². The monoisotopic (exact) mass is 468 g/mol. The third kappa shape index (κ3) is 6.53. The average Bonchev–Trinajstić information content (AvgIpc) is 3.10. The van der Waals surface area contributed by atoms with Gasteiger partial charge in [-0.2, -0.15) is 4.31 Å². The molecule has 8 nitrogen and oxygen atoms in total. The van der Waals surface area contributed by atoms with Gasteiger partial charge in [-0.15, -0.1) is 11.3 Å². The van der Waals surface area contributed by atoms with Crippen LogP contribution in [0, 0.1) is 0 Å². The summed E-state index contributed by atoms with van der Waals surface area (Å²) >= 11 is 2.65. The topological polar surface area (TPSA) is 108 Å². The lowest BCUT2D eigenvalue weighted by molar-refractivity contribution is -0.117. The molecule has 0 unspecified atom stereocenters. The molecule has 3 rings (SSSR count). The predicted molar refractivity (Wildman–Crippen MR) is 117 cm³/mol. The van der Waals surface area contributed by atoms with Gasteiger partial charge in [0, 0.05) is 24.2 Å². The van der Waals surface area contributed by atoms with Crippen LogP contribution in [0.3, 0.4) is 0 Å². The van der Waals surface area contributed by atoms with Crippen molar-refractivity contribution in [2.45, 2.75) is 42.1 Å². The van der Waals surface area contributed by atoms with Crippen LogP contribution in [-0.2, 0) is 21.4 Å². The first-order valence-electron chi connectivity index (χ1n) is 9.64. The molecular formula is C19H24N4O4S3. The number of thiophene rings is 1. The average molecular weight is 469 g/mol. The highest BCUT2D eigenvalue weighted by Gasteiger charge is 2.25. The number of pyridine rings is 1. The van der Waals surface area contributed by atoms with Crippen molar-refractivity contribution in [1.82, 2.24) is 19.9 Å². The Morgan fingerprint density at radius 3 is 2.53 bits per heavy atom. The van der Waals surface area contributed by atoms with Gasteiger partial charge in [0.15, 0.2) is 0 Å². The van der Waals surface area contributed by atoms with Crippen LogP contribution in [0.1, 0.15) is 30.6 Å². The van der Waals surface area contributed by atoms with Crippen LogP contribution in [0.4, 0.5) is 4.79 Å². The van der Waals surface area contributed by atoms with E-state index in [-0.39, 0.29) is 10.6 Å². The molecule has 0 atom stereocenters. The van der Waals surface area contributed by atoms with E-state index in [9.17, 15) is 18.0 Å². The maximum atomic E-state index is 12.8. The minimum atomic E-state index is -3.54. The van der Waals surface area contributed by atoms with E-state index >= 15 is 0 Å². The Bertz CT molecular complexity index is 939. The summed E-state index contributed by atoms with van der Waals surface area (Å²) < 4.78 is 27.0. The van der Waals surface area contributed by atoms with Crippen LogP contribution in [-0.4, -0.2) is 48.5 Å². The van der Waals surface area contributed by atoms with Crippen LogP contribution in [0.2, 0.25) is 0 Å². The molecule has 2 aromatic rings. The second-order valence-corrected chi connectivity index (χ2v) is 10.7. The maximum absolute atomic E-state index is 12.8. The number of imide groups is 1. The minimum absolute atomic E-state index is 0.00234. The molecule has 1 saturated heterocycles. The number of nitrogens with one attached hydrogen (secondary N) is 2. The van der Waals surface area contributed by atoms with E-state index in [0.29, 0.717) is 24.7 Å². The van der Waals surface area contributed by atoms with Crippen LogP contribution in [0.25, 0.3) is 0 Å². The molecule has 2 N–H and O–H groups in total. The molecule has 0 saturated carbocycles. The maximum Gasteiger partial charge on any atom is 0.321 e. The van der Waals surface area contributed by atoms with Crippen LogP contribution < -0.4 is 10.6 Å². The summed E-state index contributed by atoms with van der Waals surface area (Å²) in [4.78, 5) is 29.0. The molecule has 1 fully saturated rings. The van der Waals surface area contributed by atoms with Crippen molar-refractivity contribution in [2.24, 2.45) is 0 Å². The van der Waals surface area contributed by atoms with Crippen molar-refractivity contribution < 1.29 is 18.0 Å². The molecule has 30 heavy (non-hydrogen) atoms. The van der Waals surface area contributed by atoms with Gasteiger partial charge in [0.2, 0.25) is 15.9 Å². The summed E-state index contributed by atoms with van der Waals surface area (Å²) in [6, 6.07) is 6.32. The number of hydrogen-bond donors (Lipinski definition) is 2. The van der Waals surface area contributed by atoms with Gasteiger partial charge in [-0.25, -0.2) is 18.2 Å². The minimum Gasteiger partial charge on any atom is -0.333 e. The molecule has 1 aliphatic heterocycles. The van der Waals surface area contributed by atoms with Crippen molar-refractivity contribution in [3.05, 3.63) is 40.7 Å². The third-order valence-electron chi connectivity index (χ3n) is 4.52. The van der Waals surface area contributed by atoms with Gasteiger partial charge in [0.25, 0.3) is 0 Å². The molecule has 0 aliphatic carbocycles. The lowest BCUT2D eigenvalue weighted by Crippen LogP contribution is -2.39. The van der Waals surface area contributed by atoms with E-state index in [1.54, 1.807) is 6.07 Å². The van der Waals surface area contributed by atoms with Crippen molar-refractivity contribution in [1.29, 1.82) is 0 Å². The highest BCUT2D eigenvalue weighted by Crippen LogP contribution is 2.22. The third-order valence-corrected chi connectivity index (χ3v) is 8.22. The Kier molecular flexibility index (Phi) is 8.25. The van der Waals surface area contributed by atoms with Crippen LogP contribution in [0.15, 0.2) is 45.8 Å². The number of urea groups is 1. The predicted octanol–water partition coefficient (Wildman–Crippen LogP) is 2.83. The lowest BCUT2D eigenvalue weighted by Gasteiger charge is -2.19. The molecule has 1 aliphatic rings. The summed E-state index contributed by atoms with van der Waals surface area (Å²) in [6.07, 6.45) is 5.17. The van der Waals surface area contributed by atoms with Gasteiger partial charge in [0.1, 0.15) is 4.90 Å². The largest absolute Gasteiger partial charge is 0.333 e. The van der Waals surface area contributed by atoms with Gasteiger partial charge >= 0.3 is 6.03 Å². The van der Waals surface area contributed by atoms with E-state index in [0.717, 1.165) is 42.3 Å². The standard InChI is InChI=1S/C19H24N4O4S3/c24-17(22-19(25)21-12-15-6-5-11-28-15)14-29-18-8-7-16(13-20-18)30(26,27)23-9-3-1-2-4-10-23/h5-8,11,13H,1-4,9-10,12,14H2,(H2,21,22,24,25). The zero-order valence-electron chi connectivity index (χ0n) is 16.4. The van der Waals surface area contributed by atoms with E-state index in [2.05, 4.69) is 15.6 Å². The van der Waals surface area contributed by atoms with E-state index in [1.165, 1.54) is 27.9 Å². The molecule has 11 heteroatoms. The normalized spacial score (nSPS) is 15.3. The molecule has 162 valence electrons. The van der Waals surface area contributed by atoms with Gasteiger partial charge in [-0.1, -0.05) is 30.7 Å². The van der Waals surface area contributed by atoms with Gasteiger partial charge in [-0.05, 0) is 36.4 Å². The second kappa shape index (κ2) is 10.9. The molecule has 0 aromatic carbocycles. The first-order valence-corrected chi connectivity index (χ1v) is 12.9. The SMILES string of the molecule is O=C(CSc1ccc(S(=O)(=O)N2CCCCCC2)cn1)NC(=O)NCc1cccs1. The Hall–Kier alpha value is -1.95. The Morgan fingerprint density at radius 1 is 1.13 bits per heavy atom. The molecule has 0 bridgehead atoms. The summed E-state index contributed by atoms with van der Waals surface area (Å²) in [5, 5.41) is 7.30. The van der Waals surface area contributed by atoms with Gasteiger partial charge in [0.05, 0.1) is 17.3 Å². The number of thioether (sulfide) groups is 1. The molecular weight excluding hydrogens is 444 g/mol. The first-order chi connectivity index (χ1) is 14.4. The second-order valence-electron chi connectivity index (χ2n) is 6.75. The lowest BCUT2D eigenvalue weighted by atomic mass is 10.2. The summed E-state index contributed by atoms with van der Waals surface area (Å²) in [5.74, 6) is -0.454. The van der Waals surface area contributed by atoms with E-state index < -0.39 is 22.0 Å². The number of nitrogens with zero attached hydrogens (tertiary/aromatic N) is 2. The van der Waals surface area contributed by atoms with Crippen molar-refractivity contribution >= 4 is 45.1 Å². The smallest absolute Gasteiger partial charge is 0.321 e. The van der Waals surface area contributed by atoms with E-state index in [1.807, 2.05) is 17.5 Å². The van der Waals surface area contributed by atoms with E-state index in [4.69, 9.17) is 0 Å². The Morgan fingerprint density at radius 2 is 1.90 bits per heavy atom. The zero-order chi connectivity index (χ0) is 21.4. The van der Waals surface area contributed by atoms with Crippen molar-refractivity contribution in [2.75, 3.05) is 18.8 Å².